The van der Waals surface area contributed by atoms with Crippen LogP contribution in [0.15, 0.2) is 36.8 Å². The summed E-state index contributed by atoms with van der Waals surface area (Å²) in [6, 6.07) is 7.91. The van der Waals surface area contributed by atoms with Crippen LogP contribution in [-0.4, -0.2) is 43.6 Å². The highest BCUT2D eigenvalue weighted by molar-refractivity contribution is 6.06. The van der Waals surface area contributed by atoms with Crippen LogP contribution in [0.25, 0.3) is 10.9 Å². The van der Waals surface area contributed by atoms with Crippen molar-refractivity contribution in [2.75, 3.05) is 13.1 Å². The summed E-state index contributed by atoms with van der Waals surface area (Å²) in [5.41, 5.74) is 1.97. The van der Waals surface area contributed by atoms with E-state index in [1.807, 2.05) is 36.8 Å². The van der Waals surface area contributed by atoms with E-state index in [0.29, 0.717) is 5.92 Å². The summed E-state index contributed by atoms with van der Waals surface area (Å²) in [6.07, 6.45) is 7.34. The van der Waals surface area contributed by atoms with Crippen LogP contribution >= 0.6 is 0 Å². The number of fused-ring (bicyclic) bond motifs is 1. The molecule has 1 aromatic carbocycles. The van der Waals surface area contributed by atoms with Gasteiger partial charge in [-0.3, -0.25) is 4.79 Å². The molecule has 1 aliphatic carbocycles. The number of hydrogen-bond acceptors (Lipinski definition) is 3. The number of nitrogens with zero attached hydrogens (tertiary/aromatic N) is 4. The Morgan fingerprint density at radius 3 is 2.93 bits per heavy atom. The number of amides is 1. The number of aromatic nitrogens is 4. The van der Waals surface area contributed by atoms with Crippen molar-refractivity contribution >= 4 is 16.8 Å². The molecule has 5 rings (SSSR count). The molecule has 6 nitrogen and oxygen atoms in total. The maximum atomic E-state index is 13.4. The van der Waals surface area contributed by atoms with Crippen LogP contribution in [0.5, 0.6) is 0 Å². The standard InChI is InChI=1S/C22H27N5O/c1-15(2)11-27-14-24-25-20(27)18-12-26(13-22(18)8-4-9-22)21(28)17-5-3-6-19-16(17)7-10-23-19/h3,5-7,10,14-15,18,23H,4,8-9,11-13H2,1-2H3. The highest BCUT2D eigenvalue weighted by Crippen LogP contribution is 2.55. The number of carbonyl (C=O) groups excluding carboxylic acids is 1. The highest BCUT2D eigenvalue weighted by atomic mass is 16.2. The van der Waals surface area contributed by atoms with Gasteiger partial charge >= 0.3 is 0 Å². The fourth-order valence-corrected chi connectivity index (χ4v) is 5.13. The minimum absolute atomic E-state index is 0.133. The summed E-state index contributed by atoms with van der Waals surface area (Å²) in [4.78, 5) is 18.7. The molecule has 1 amide bonds. The van der Waals surface area contributed by atoms with E-state index >= 15 is 0 Å². The lowest BCUT2D eigenvalue weighted by Gasteiger charge is -2.42. The van der Waals surface area contributed by atoms with Gasteiger partial charge in [-0.1, -0.05) is 26.3 Å². The van der Waals surface area contributed by atoms with E-state index in [0.717, 1.165) is 41.9 Å². The predicted molar refractivity (Wildman–Crippen MR) is 108 cm³/mol. The van der Waals surface area contributed by atoms with Gasteiger partial charge in [0.15, 0.2) is 0 Å². The Balaban J connectivity index is 1.47. The summed E-state index contributed by atoms with van der Waals surface area (Å²) in [7, 11) is 0. The smallest absolute Gasteiger partial charge is 0.254 e. The minimum atomic E-state index is 0.133. The molecule has 1 spiro atoms. The largest absolute Gasteiger partial charge is 0.361 e. The molecule has 1 aliphatic heterocycles. The topological polar surface area (TPSA) is 66.8 Å². The summed E-state index contributed by atoms with van der Waals surface area (Å²) in [5, 5.41) is 9.72. The molecule has 0 radical (unpaired) electrons. The van der Waals surface area contributed by atoms with Crippen molar-refractivity contribution in [1.29, 1.82) is 0 Å². The van der Waals surface area contributed by atoms with Crippen LogP contribution < -0.4 is 0 Å². The molecule has 3 aromatic rings. The van der Waals surface area contributed by atoms with Gasteiger partial charge in [-0.25, -0.2) is 0 Å². The number of hydrogen-bond donors (Lipinski definition) is 1. The maximum absolute atomic E-state index is 13.4. The highest BCUT2D eigenvalue weighted by Gasteiger charge is 2.53. The Kier molecular flexibility index (Phi) is 4.03. The van der Waals surface area contributed by atoms with Crippen molar-refractivity contribution in [3.63, 3.8) is 0 Å². The first-order chi connectivity index (χ1) is 13.6. The Morgan fingerprint density at radius 1 is 1.32 bits per heavy atom. The quantitative estimate of drug-likeness (QED) is 0.751. The van der Waals surface area contributed by atoms with Gasteiger partial charge < -0.3 is 14.5 Å². The number of aromatic amines is 1. The zero-order chi connectivity index (χ0) is 19.3. The molecule has 6 heteroatoms. The van der Waals surface area contributed by atoms with Crippen LogP contribution in [0.2, 0.25) is 0 Å². The second kappa shape index (κ2) is 6.47. The van der Waals surface area contributed by atoms with Gasteiger partial charge in [0.2, 0.25) is 0 Å². The molecule has 3 heterocycles. The van der Waals surface area contributed by atoms with Crippen molar-refractivity contribution in [3.05, 3.63) is 48.2 Å². The third kappa shape index (κ3) is 2.65. The first-order valence-corrected chi connectivity index (χ1v) is 10.3. The molecule has 0 bridgehead atoms. The number of nitrogens with one attached hydrogen (secondary N) is 1. The average Bonchev–Trinajstić information content (AvgIpc) is 3.36. The molecular formula is C22H27N5O. The van der Waals surface area contributed by atoms with Crippen LogP contribution in [0.1, 0.15) is 55.2 Å². The van der Waals surface area contributed by atoms with Gasteiger partial charge in [-0.2, -0.15) is 0 Å². The monoisotopic (exact) mass is 377 g/mol. The molecule has 1 saturated heterocycles. The van der Waals surface area contributed by atoms with Gasteiger partial charge in [-0.05, 0) is 42.4 Å². The average molecular weight is 377 g/mol. The first kappa shape index (κ1) is 17.5. The SMILES string of the molecule is CC(C)Cn1cnnc1C1CN(C(=O)c2cccc3[nH]ccc23)CC12CCC2. The Bertz CT molecular complexity index is 1010. The molecule has 2 fully saturated rings. The van der Waals surface area contributed by atoms with Crippen molar-refractivity contribution in [1.82, 2.24) is 24.6 Å². The lowest BCUT2D eigenvalue weighted by Crippen LogP contribution is -2.38. The molecule has 28 heavy (non-hydrogen) atoms. The van der Waals surface area contributed by atoms with Crippen LogP contribution in [-0.2, 0) is 6.54 Å². The summed E-state index contributed by atoms with van der Waals surface area (Å²) in [6.45, 7) is 6.91. The Hall–Kier alpha value is -2.63. The molecule has 1 atom stereocenters. The third-order valence-corrected chi connectivity index (χ3v) is 6.63. The van der Waals surface area contributed by atoms with Crippen molar-refractivity contribution < 1.29 is 4.79 Å². The normalized spacial score (nSPS) is 21.0. The lowest BCUT2D eigenvalue weighted by molar-refractivity contribution is 0.0725. The van der Waals surface area contributed by atoms with Gasteiger partial charge in [0.1, 0.15) is 12.2 Å². The fraction of sp³-hybridized carbons (Fsp3) is 0.500. The number of H-pyrrole nitrogens is 1. The van der Waals surface area contributed by atoms with Crippen molar-refractivity contribution in [2.24, 2.45) is 11.3 Å². The van der Waals surface area contributed by atoms with Crippen LogP contribution in [0.3, 0.4) is 0 Å². The number of carbonyl (C=O) groups is 1. The molecule has 2 aliphatic rings. The van der Waals surface area contributed by atoms with Gasteiger partial charge in [-0.15, -0.1) is 10.2 Å². The third-order valence-electron chi connectivity index (χ3n) is 6.63. The van der Waals surface area contributed by atoms with Crippen molar-refractivity contribution in [3.8, 4) is 0 Å². The Labute approximate surface area is 164 Å². The van der Waals surface area contributed by atoms with E-state index in [-0.39, 0.29) is 17.2 Å². The molecule has 1 saturated carbocycles. The number of benzene rings is 1. The molecule has 1 unspecified atom stereocenters. The van der Waals surface area contributed by atoms with Crippen molar-refractivity contribution in [2.45, 2.75) is 45.6 Å². The van der Waals surface area contributed by atoms with Crippen LogP contribution in [0, 0.1) is 11.3 Å². The minimum Gasteiger partial charge on any atom is -0.361 e. The summed E-state index contributed by atoms with van der Waals surface area (Å²) in [5.74, 6) is 2.01. The second-order valence-corrected chi connectivity index (χ2v) is 8.93. The summed E-state index contributed by atoms with van der Waals surface area (Å²) < 4.78 is 2.20. The Morgan fingerprint density at radius 2 is 2.18 bits per heavy atom. The lowest BCUT2D eigenvalue weighted by atomic mass is 9.62. The predicted octanol–water partition coefficient (Wildman–Crippen LogP) is 3.83. The molecule has 146 valence electrons. The second-order valence-electron chi connectivity index (χ2n) is 8.93. The molecule has 2 aromatic heterocycles. The molecular weight excluding hydrogens is 350 g/mol. The van der Waals surface area contributed by atoms with Gasteiger partial charge in [0, 0.05) is 48.2 Å². The number of rotatable bonds is 4. The van der Waals surface area contributed by atoms with Gasteiger partial charge in [0.05, 0.1) is 0 Å². The van der Waals surface area contributed by atoms with E-state index < -0.39 is 0 Å². The van der Waals surface area contributed by atoms with Crippen LogP contribution in [0.4, 0.5) is 0 Å². The van der Waals surface area contributed by atoms with Gasteiger partial charge in [0.25, 0.3) is 5.91 Å². The summed E-state index contributed by atoms with van der Waals surface area (Å²) >= 11 is 0. The zero-order valence-corrected chi connectivity index (χ0v) is 16.6. The van der Waals surface area contributed by atoms with E-state index in [4.69, 9.17) is 0 Å². The first-order valence-electron chi connectivity index (χ1n) is 10.3. The van der Waals surface area contributed by atoms with E-state index in [1.165, 1.54) is 19.3 Å². The maximum Gasteiger partial charge on any atom is 0.254 e. The van der Waals surface area contributed by atoms with E-state index in [2.05, 4.69) is 38.5 Å². The fourth-order valence-electron chi connectivity index (χ4n) is 5.13. The van der Waals surface area contributed by atoms with E-state index in [1.54, 1.807) is 0 Å². The van der Waals surface area contributed by atoms with E-state index in [9.17, 15) is 4.79 Å². The zero-order valence-electron chi connectivity index (χ0n) is 16.6. The number of likely N-dealkylation sites (tertiary alicyclic amines) is 1. The molecule has 1 N–H and O–H groups in total.